The number of hydrogen-bond acceptors (Lipinski definition) is 4. The van der Waals surface area contributed by atoms with Crippen molar-refractivity contribution in [1.29, 1.82) is 0 Å². The first-order valence-corrected chi connectivity index (χ1v) is 7.04. The Balaban J connectivity index is 2.29. The smallest absolute Gasteiger partial charge is 0.0850 e. The maximum atomic E-state index is 6.38. The molecule has 3 N–H and O–H groups in total. The molecule has 5 nitrogen and oxygen atoms in total. The zero-order valence-electron chi connectivity index (χ0n) is 12.0. The van der Waals surface area contributed by atoms with Gasteiger partial charge in [0, 0.05) is 19.2 Å². The molecule has 0 aliphatic carbocycles. The van der Waals surface area contributed by atoms with Gasteiger partial charge in [-0.15, -0.1) is 0 Å². The third kappa shape index (κ3) is 3.00. The van der Waals surface area contributed by atoms with Gasteiger partial charge in [-0.05, 0) is 25.5 Å². The Morgan fingerprint density at radius 1 is 1.45 bits per heavy atom. The van der Waals surface area contributed by atoms with E-state index in [2.05, 4.69) is 15.5 Å². The van der Waals surface area contributed by atoms with E-state index in [9.17, 15) is 0 Å². The molecule has 0 aromatic carbocycles. The fourth-order valence-electron chi connectivity index (χ4n) is 2.24. The van der Waals surface area contributed by atoms with Gasteiger partial charge in [0.1, 0.15) is 0 Å². The third-order valence-electron chi connectivity index (χ3n) is 3.37. The maximum Gasteiger partial charge on any atom is 0.0850 e. The number of nitrogens with zero attached hydrogens (tertiary/aromatic N) is 3. The highest BCUT2D eigenvalue weighted by Gasteiger charge is 2.19. The zero-order chi connectivity index (χ0) is 14.7. The molecule has 0 radical (unpaired) electrons. The Hall–Kier alpha value is -1.43. The first-order valence-electron chi connectivity index (χ1n) is 6.66. The molecule has 0 spiro atoms. The zero-order valence-corrected chi connectivity index (χ0v) is 12.8. The van der Waals surface area contributed by atoms with Crippen molar-refractivity contribution in [2.24, 2.45) is 12.9 Å². The molecule has 0 bridgehead atoms. The summed E-state index contributed by atoms with van der Waals surface area (Å²) in [5, 5.41) is 5.15. The van der Waals surface area contributed by atoms with Crippen LogP contribution in [0.3, 0.4) is 0 Å². The lowest BCUT2D eigenvalue weighted by Crippen LogP contribution is -2.31. The second-order valence-corrected chi connectivity index (χ2v) is 5.19. The van der Waals surface area contributed by atoms with Crippen molar-refractivity contribution < 1.29 is 0 Å². The van der Waals surface area contributed by atoms with Crippen LogP contribution in [-0.4, -0.2) is 14.8 Å². The Bertz CT molecular complexity index is 593. The Morgan fingerprint density at radius 2 is 2.20 bits per heavy atom. The van der Waals surface area contributed by atoms with Gasteiger partial charge in [0.05, 0.1) is 28.1 Å². The lowest BCUT2D eigenvalue weighted by Gasteiger charge is -2.16. The molecule has 2 rings (SSSR count). The normalized spacial score (nSPS) is 12.7. The molecule has 2 aromatic rings. The lowest BCUT2D eigenvalue weighted by atomic mass is 10.1. The summed E-state index contributed by atoms with van der Waals surface area (Å²) in [6, 6.07) is 5.81. The number of pyridine rings is 1. The van der Waals surface area contributed by atoms with Gasteiger partial charge in [-0.3, -0.25) is 20.9 Å². The standard InChI is InChI=1S/C14H20ClN5/c1-4-10-14(15)13(20(3)19-10)8-12(18-16)11-7-5-6-9(2)17-11/h5-7,12,18H,4,8,16H2,1-3H3. The highest BCUT2D eigenvalue weighted by molar-refractivity contribution is 6.31. The molecule has 0 amide bonds. The van der Waals surface area contributed by atoms with Gasteiger partial charge < -0.3 is 0 Å². The molecule has 0 saturated carbocycles. The summed E-state index contributed by atoms with van der Waals surface area (Å²) in [6.07, 6.45) is 1.46. The van der Waals surface area contributed by atoms with Gasteiger partial charge in [-0.2, -0.15) is 5.10 Å². The molecule has 0 aliphatic rings. The van der Waals surface area contributed by atoms with Crippen LogP contribution in [0.1, 0.15) is 35.7 Å². The van der Waals surface area contributed by atoms with Crippen molar-refractivity contribution in [3.63, 3.8) is 0 Å². The van der Waals surface area contributed by atoms with Crippen molar-refractivity contribution >= 4 is 11.6 Å². The van der Waals surface area contributed by atoms with Crippen molar-refractivity contribution in [2.75, 3.05) is 0 Å². The molecular weight excluding hydrogens is 274 g/mol. The minimum atomic E-state index is -0.0903. The largest absolute Gasteiger partial charge is 0.271 e. The van der Waals surface area contributed by atoms with Crippen LogP contribution in [0, 0.1) is 6.92 Å². The van der Waals surface area contributed by atoms with Crippen LogP contribution >= 0.6 is 11.6 Å². The van der Waals surface area contributed by atoms with E-state index in [0.717, 1.165) is 34.2 Å². The van der Waals surface area contributed by atoms with E-state index in [1.807, 2.05) is 43.8 Å². The minimum absolute atomic E-state index is 0.0903. The molecule has 0 fully saturated rings. The summed E-state index contributed by atoms with van der Waals surface area (Å²) < 4.78 is 1.82. The van der Waals surface area contributed by atoms with Gasteiger partial charge in [0.2, 0.25) is 0 Å². The van der Waals surface area contributed by atoms with Gasteiger partial charge >= 0.3 is 0 Å². The number of halogens is 1. The molecule has 20 heavy (non-hydrogen) atoms. The first-order chi connectivity index (χ1) is 9.56. The monoisotopic (exact) mass is 293 g/mol. The second-order valence-electron chi connectivity index (χ2n) is 4.81. The van der Waals surface area contributed by atoms with Gasteiger partial charge in [-0.1, -0.05) is 24.6 Å². The van der Waals surface area contributed by atoms with Gasteiger partial charge in [-0.25, -0.2) is 0 Å². The number of rotatable bonds is 5. The maximum absolute atomic E-state index is 6.38. The first kappa shape index (κ1) is 15.0. The summed E-state index contributed by atoms with van der Waals surface area (Å²) in [5.41, 5.74) is 6.57. The molecule has 2 heterocycles. The van der Waals surface area contributed by atoms with E-state index >= 15 is 0 Å². The average molecular weight is 294 g/mol. The number of hydrogen-bond donors (Lipinski definition) is 2. The molecule has 1 atom stereocenters. The molecule has 0 aliphatic heterocycles. The highest BCUT2D eigenvalue weighted by Crippen LogP contribution is 2.25. The third-order valence-corrected chi connectivity index (χ3v) is 3.80. The minimum Gasteiger partial charge on any atom is -0.271 e. The molecule has 6 heteroatoms. The Morgan fingerprint density at radius 3 is 2.75 bits per heavy atom. The summed E-state index contributed by atoms with van der Waals surface area (Å²) in [5.74, 6) is 5.68. The second kappa shape index (κ2) is 6.35. The highest BCUT2D eigenvalue weighted by atomic mass is 35.5. The molecular formula is C14H20ClN5. The van der Waals surface area contributed by atoms with Crippen LogP contribution in [-0.2, 0) is 19.9 Å². The van der Waals surface area contributed by atoms with Crippen LogP contribution < -0.4 is 11.3 Å². The van der Waals surface area contributed by atoms with Crippen molar-refractivity contribution in [3.8, 4) is 0 Å². The fraction of sp³-hybridized carbons (Fsp3) is 0.429. The van der Waals surface area contributed by atoms with E-state index in [-0.39, 0.29) is 6.04 Å². The quantitative estimate of drug-likeness (QED) is 0.654. The van der Waals surface area contributed by atoms with Crippen LogP contribution in [0.4, 0.5) is 0 Å². The summed E-state index contributed by atoms with van der Waals surface area (Å²) in [4.78, 5) is 4.51. The number of aryl methyl sites for hydroxylation is 3. The Labute approximate surface area is 124 Å². The molecule has 0 saturated heterocycles. The van der Waals surface area contributed by atoms with Crippen molar-refractivity contribution in [3.05, 3.63) is 46.0 Å². The molecule has 108 valence electrons. The Kier molecular flexibility index (Phi) is 4.75. The topological polar surface area (TPSA) is 68.8 Å². The van der Waals surface area contributed by atoms with E-state index in [1.54, 1.807) is 0 Å². The average Bonchev–Trinajstić information content (AvgIpc) is 2.71. The number of hydrazine groups is 1. The fourth-order valence-corrected chi connectivity index (χ4v) is 2.61. The van der Waals surface area contributed by atoms with E-state index in [4.69, 9.17) is 17.4 Å². The van der Waals surface area contributed by atoms with Crippen LogP contribution in [0.15, 0.2) is 18.2 Å². The molecule has 2 aromatic heterocycles. The predicted molar refractivity (Wildman–Crippen MR) is 80.3 cm³/mol. The number of nitrogens with two attached hydrogens (primary N) is 1. The lowest BCUT2D eigenvalue weighted by molar-refractivity contribution is 0.517. The van der Waals surface area contributed by atoms with E-state index in [0.29, 0.717) is 6.42 Å². The predicted octanol–water partition coefficient (Wildman–Crippen LogP) is 2.09. The van der Waals surface area contributed by atoms with E-state index in [1.165, 1.54) is 0 Å². The molecule has 1 unspecified atom stereocenters. The summed E-state index contributed by atoms with van der Waals surface area (Å²) >= 11 is 6.38. The number of nitrogens with one attached hydrogen (secondary N) is 1. The van der Waals surface area contributed by atoms with E-state index < -0.39 is 0 Å². The number of aromatic nitrogens is 3. The van der Waals surface area contributed by atoms with Gasteiger partial charge in [0.15, 0.2) is 0 Å². The van der Waals surface area contributed by atoms with Gasteiger partial charge in [0.25, 0.3) is 0 Å². The summed E-state index contributed by atoms with van der Waals surface area (Å²) in [6.45, 7) is 4.00. The van der Waals surface area contributed by atoms with Crippen molar-refractivity contribution in [1.82, 2.24) is 20.2 Å². The van der Waals surface area contributed by atoms with Crippen molar-refractivity contribution in [2.45, 2.75) is 32.7 Å². The summed E-state index contributed by atoms with van der Waals surface area (Å²) in [7, 11) is 1.90. The SMILES string of the molecule is CCc1nn(C)c(CC(NN)c2cccc(C)n2)c1Cl. The van der Waals surface area contributed by atoms with Crippen LogP contribution in [0.25, 0.3) is 0 Å². The van der Waals surface area contributed by atoms with Crippen LogP contribution in [0.2, 0.25) is 5.02 Å². The van der Waals surface area contributed by atoms with Crippen LogP contribution in [0.5, 0.6) is 0 Å².